The Kier molecular flexibility index (Phi) is 4.51. The Bertz CT molecular complexity index is 1020. The fourth-order valence-electron chi connectivity index (χ4n) is 4.70. The molecular weight excluding hydrogens is 363 g/mol. The third kappa shape index (κ3) is 3.17. The number of amides is 1. The molecule has 0 bridgehead atoms. The van der Waals surface area contributed by atoms with Gasteiger partial charge in [0.1, 0.15) is 5.75 Å². The molecule has 1 saturated heterocycles. The van der Waals surface area contributed by atoms with Gasteiger partial charge in [0.05, 0.1) is 11.9 Å². The summed E-state index contributed by atoms with van der Waals surface area (Å²) in [4.78, 5) is 19.5. The highest BCUT2D eigenvalue weighted by Gasteiger charge is 2.37. The van der Waals surface area contributed by atoms with Crippen LogP contribution in [0.3, 0.4) is 0 Å². The van der Waals surface area contributed by atoms with Crippen molar-refractivity contribution in [1.29, 1.82) is 0 Å². The molecule has 1 amide bonds. The number of hydrogen-bond acceptors (Lipinski definition) is 4. The Morgan fingerprint density at radius 2 is 2.14 bits per heavy atom. The lowest BCUT2D eigenvalue weighted by Crippen LogP contribution is -2.44. The van der Waals surface area contributed by atoms with Gasteiger partial charge in [0.2, 0.25) is 0 Å². The van der Waals surface area contributed by atoms with Crippen LogP contribution in [0.5, 0.6) is 5.75 Å². The van der Waals surface area contributed by atoms with Gasteiger partial charge < -0.3 is 14.6 Å². The topological polar surface area (TPSA) is 62.7 Å². The predicted molar refractivity (Wildman–Crippen MR) is 113 cm³/mol. The molecule has 0 radical (unpaired) electrons. The Labute approximate surface area is 170 Å². The Balaban J connectivity index is 1.51. The number of pyridine rings is 1. The fourth-order valence-corrected chi connectivity index (χ4v) is 4.70. The summed E-state index contributed by atoms with van der Waals surface area (Å²) >= 11 is 0. The quantitative estimate of drug-likeness (QED) is 0.805. The molecule has 1 aliphatic carbocycles. The van der Waals surface area contributed by atoms with E-state index in [4.69, 9.17) is 4.65 Å². The second-order valence-corrected chi connectivity index (χ2v) is 8.08. The summed E-state index contributed by atoms with van der Waals surface area (Å²) in [7, 11) is -0.991. The highest BCUT2D eigenvalue weighted by molar-refractivity contribution is 6.52. The van der Waals surface area contributed by atoms with Gasteiger partial charge in [-0.15, -0.1) is 0 Å². The van der Waals surface area contributed by atoms with Gasteiger partial charge >= 0.3 is 7.12 Å². The van der Waals surface area contributed by atoms with Crippen LogP contribution in [0.25, 0.3) is 11.6 Å². The first-order valence-electron chi connectivity index (χ1n) is 10.2. The molecule has 6 heteroatoms. The third-order valence-corrected chi connectivity index (χ3v) is 6.28. The zero-order valence-electron chi connectivity index (χ0n) is 16.4. The van der Waals surface area contributed by atoms with Crippen LogP contribution in [0.2, 0.25) is 0 Å². The molecule has 29 heavy (non-hydrogen) atoms. The van der Waals surface area contributed by atoms with Gasteiger partial charge in [-0.2, -0.15) is 0 Å². The molecule has 0 spiro atoms. The number of aromatic nitrogens is 1. The summed E-state index contributed by atoms with van der Waals surface area (Å²) in [6, 6.07) is 9.45. The molecule has 2 unspecified atom stereocenters. The zero-order chi connectivity index (χ0) is 20.0. The van der Waals surface area contributed by atoms with E-state index in [-0.39, 0.29) is 11.8 Å². The van der Waals surface area contributed by atoms with E-state index in [1.54, 1.807) is 6.20 Å². The van der Waals surface area contributed by atoms with Crippen molar-refractivity contribution in [1.82, 2.24) is 9.88 Å². The molecule has 1 aromatic heterocycles. The van der Waals surface area contributed by atoms with Gasteiger partial charge in [-0.05, 0) is 36.0 Å². The summed E-state index contributed by atoms with van der Waals surface area (Å²) in [5.41, 5.74) is 4.94. The number of allylic oxidation sites excluding steroid dienone is 1. The number of fused-ring (bicyclic) bond motifs is 3. The number of carbonyl (C=O) groups excluding carboxylic acids is 1. The van der Waals surface area contributed by atoms with Crippen LogP contribution < -0.4 is 4.65 Å². The van der Waals surface area contributed by atoms with Crippen molar-refractivity contribution in [2.75, 3.05) is 13.1 Å². The molecule has 2 aliphatic heterocycles. The monoisotopic (exact) mass is 386 g/mol. The van der Waals surface area contributed by atoms with E-state index in [1.165, 1.54) is 0 Å². The molecule has 3 heterocycles. The third-order valence-electron chi connectivity index (χ3n) is 6.28. The van der Waals surface area contributed by atoms with Crippen LogP contribution in [0.1, 0.15) is 40.5 Å². The summed E-state index contributed by atoms with van der Waals surface area (Å²) < 4.78 is 5.66. The second-order valence-electron chi connectivity index (χ2n) is 8.08. The number of likely N-dealkylation sites (tertiary alicyclic amines) is 1. The molecule has 3 aliphatic rings. The van der Waals surface area contributed by atoms with E-state index in [1.807, 2.05) is 41.2 Å². The number of piperidine rings is 1. The first-order chi connectivity index (χ1) is 14.1. The van der Waals surface area contributed by atoms with Gasteiger partial charge in [0.15, 0.2) is 0 Å². The second kappa shape index (κ2) is 7.19. The normalized spacial score (nSPS) is 22.6. The SMILES string of the molecule is CC1CCN(C(=O)c2ccccc2)CC1C1=CB(O)Oc2cnc3c(c21)C=CC3. The lowest BCUT2D eigenvalue weighted by molar-refractivity contribution is 0.0656. The standard InChI is InChI=1S/C23H23BN2O3/c1-15-10-11-26(23(27)16-6-3-2-4-7-16)14-19(15)18-12-24(28)29-21-13-25-20-9-5-8-17(20)22(18)21/h2-8,12-13,15,19,28H,9-11,14H2,1H3. The van der Waals surface area contributed by atoms with Crippen molar-refractivity contribution in [2.45, 2.75) is 19.8 Å². The van der Waals surface area contributed by atoms with Crippen LogP contribution >= 0.6 is 0 Å². The number of carbonyl (C=O) groups is 1. The van der Waals surface area contributed by atoms with Crippen molar-refractivity contribution < 1.29 is 14.5 Å². The highest BCUT2D eigenvalue weighted by Crippen LogP contribution is 2.44. The molecule has 5 rings (SSSR count). The first kappa shape index (κ1) is 18.2. The van der Waals surface area contributed by atoms with Gasteiger partial charge in [0, 0.05) is 42.1 Å². The maximum atomic E-state index is 13.0. The fraction of sp³-hybridized carbons (Fsp3) is 0.304. The minimum absolute atomic E-state index is 0.0655. The van der Waals surface area contributed by atoms with Gasteiger partial charge in [-0.1, -0.05) is 37.3 Å². The first-order valence-corrected chi connectivity index (χ1v) is 10.2. The van der Waals surface area contributed by atoms with E-state index in [2.05, 4.69) is 24.1 Å². The van der Waals surface area contributed by atoms with Crippen molar-refractivity contribution in [3.63, 3.8) is 0 Å². The zero-order valence-corrected chi connectivity index (χ0v) is 16.4. The Hall–Kier alpha value is -2.86. The van der Waals surface area contributed by atoms with Gasteiger partial charge in [0.25, 0.3) is 5.91 Å². The molecule has 2 atom stereocenters. The van der Waals surface area contributed by atoms with E-state index < -0.39 is 7.12 Å². The van der Waals surface area contributed by atoms with E-state index in [9.17, 15) is 9.82 Å². The molecule has 146 valence electrons. The van der Waals surface area contributed by atoms with Crippen molar-refractivity contribution in [2.24, 2.45) is 11.8 Å². The van der Waals surface area contributed by atoms with E-state index in [0.29, 0.717) is 18.2 Å². The van der Waals surface area contributed by atoms with Crippen molar-refractivity contribution in [3.8, 4) is 5.75 Å². The summed E-state index contributed by atoms with van der Waals surface area (Å²) in [5.74, 6) is 3.03. The number of nitrogens with zero attached hydrogens (tertiary/aromatic N) is 2. The summed E-state index contributed by atoms with van der Waals surface area (Å²) in [6.45, 7) is 3.61. The van der Waals surface area contributed by atoms with Gasteiger partial charge in [-0.25, -0.2) is 0 Å². The van der Waals surface area contributed by atoms with Crippen LogP contribution in [-0.2, 0) is 6.42 Å². The van der Waals surface area contributed by atoms with Gasteiger partial charge in [-0.3, -0.25) is 9.78 Å². The molecule has 1 aromatic carbocycles. The lowest BCUT2D eigenvalue weighted by Gasteiger charge is -2.40. The van der Waals surface area contributed by atoms with E-state index >= 15 is 0 Å². The molecule has 1 N–H and O–H groups in total. The number of rotatable bonds is 2. The summed E-state index contributed by atoms with van der Waals surface area (Å²) in [5, 5.41) is 10.3. The molecule has 0 saturated carbocycles. The predicted octanol–water partition coefficient (Wildman–Crippen LogP) is 3.24. The average molecular weight is 386 g/mol. The smallest absolute Gasteiger partial charge is 0.531 e. The van der Waals surface area contributed by atoms with Crippen LogP contribution in [0, 0.1) is 11.8 Å². The van der Waals surface area contributed by atoms with Crippen LogP contribution in [0.15, 0.2) is 48.6 Å². The Morgan fingerprint density at radius 1 is 1.31 bits per heavy atom. The van der Waals surface area contributed by atoms with Crippen molar-refractivity contribution in [3.05, 3.63) is 71.0 Å². The lowest BCUT2D eigenvalue weighted by atomic mass is 9.71. The minimum Gasteiger partial charge on any atom is -0.531 e. The molecule has 2 aromatic rings. The highest BCUT2D eigenvalue weighted by atomic mass is 16.5. The molecular formula is C23H23BN2O3. The minimum atomic E-state index is -0.991. The molecule has 5 nitrogen and oxygen atoms in total. The van der Waals surface area contributed by atoms with E-state index in [0.717, 1.165) is 47.3 Å². The molecule has 1 fully saturated rings. The maximum absolute atomic E-state index is 13.0. The number of benzene rings is 1. The number of hydrogen-bond donors (Lipinski definition) is 1. The van der Waals surface area contributed by atoms with Crippen LogP contribution in [0.4, 0.5) is 0 Å². The largest absolute Gasteiger partial charge is 0.552 e. The summed E-state index contributed by atoms with van der Waals surface area (Å²) in [6.07, 6.45) is 7.66. The van der Waals surface area contributed by atoms with Crippen LogP contribution in [-0.4, -0.2) is 41.0 Å². The Morgan fingerprint density at radius 3 is 2.97 bits per heavy atom. The maximum Gasteiger partial charge on any atom is 0.552 e. The van der Waals surface area contributed by atoms with Crippen molar-refractivity contribution >= 4 is 24.7 Å². The average Bonchev–Trinajstić information content (AvgIpc) is 3.22.